The monoisotopic (exact) mass is 302 g/mol. The fourth-order valence-electron chi connectivity index (χ4n) is 2.79. The Kier molecular flexibility index (Phi) is 4.51. The van der Waals surface area contributed by atoms with Gasteiger partial charge in [0.2, 0.25) is 0 Å². The van der Waals surface area contributed by atoms with Crippen molar-refractivity contribution in [2.45, 2.75) is 31.7 Å². The van der Waals surface area contributed by atoms with Crippen molar-refractivity contribution >= 4 is 16.5 Å². The van der Waals surface area contributed by atoms with Crippen LogP contribution in [0, 0.1) is 0 Å². The van der Waals surface area contributed by atoms with Crippen molar-refractivity contribution in [3.63, 3.8) is 0 Å². The quantitative estimate of drug-likeness (QED) is 0.922. The molecule has 2 heterocycles. The molecule has 0 aliphatic heterocycles. The van der Waals surface area contributed by atoms with Crippen LogP contribution in [0.15, 0.2) is 24.5 Å². The first-order valence-corrected chi connectivity index (χ1v) is 8.36. The van der Waals surface area contributed by atoms with Gasteiger partial charge in [0.15, 0.2) is 5.13 Å². The molecule has 1 atom stereocenters. The van der Waals surface area contributed by atoms with Crippen LogP contribution < -0.4 is 10.2 Å². The Labute approximate surface area is 130 Å². The molecule has 0 bridgehead atoms. The molecule has 0 spiro atoms. The number of hydrogen-bond donors (Lipinski definition) is 1. The minimum atomic E-state index is 0.494. The molecule has 5 heteroatoms. The Hall–Kier alpha value is -1.46. The number of nitrogens with zero attached hydrogens (tertiary/aromatic N) is 3. The van der Waals surface area contributed by atoms with Gasteiger partial charge in [-0.05, 0) is 50.4 Å². The number of thiazole rings is 1. The van der Waals surface area contributed by atoms with Crippen molar-refractivity contribution in [1.82, 2.24) is 15.3 Å². The topological polar surface area (TPSA) is 41.1 Å². The van der Waals surface area contributed by atoms with Crippen LogP contribution in [0.4, 0.5) is 5.13 Å². The second kappa shape index (κ2) is 6.54. The van der Waals surface area contributed by atoms with Gasteiger partial charge in [-0.25, -0.2) is 4.98 Å². The predicted octanol–water partition coefficient (Wildman–Crippen LogP) is 2.81. The van der Waals surface area contributed by atoms with Crippen molar-refractivity contribution in [1.29, 1.82) is 0 Å². The van der Waals surface area contributed by atoms with Gasteiger partial charge >= 0.3 is 0 Å². The van der Waals surface area contributed by atoms with Gasteiger partial charge in [0, 0.05) is 36.9 Å². The summed E-state index contributed by atoms with van der Waals surface area (Å²) in [7, 11) is 4.19. The van der Waals surface area contributed by atoms with E-state index in [1.807, 2.05) is 30.8 Å². The first-order valence-electron chi connectivity index (χ1n) is 7.55. The van der Waals surface area contributed by atoms with Gasteiger partial charge in [0.1, 0.15) is 0 Å². The van der Waals surface area contributed by atoms with E-state index in [2.05, 4.69) is 34.4 Å². The van der Waals surface area contributed by atoms with Crippen LogP contribution in [0.5, 0.6) is 0 Å². The summed E-state index contributed by atoms with van der Waals surface area (Å²) in [4.78, 5) is 12.6. The van der Waals surface area contributed by atoms with Gasteiger partial charge in [-0.1, -0.05) is 11.3 Å². The lowest BCUT2D eigenvalue weighted by Gasteiger charge is -2.19. The number of pyridine rings is 1. The van der Waals surface area contributed by atoms with Crippen molar-refractivity contribution in [3.05, 3.63) is 40.7 Å². The highest BCUT2D eigenvalue weighted by molar-refractivity contribution is 7.15. The average Bonchev–Trinajstić information content (AvgIpc) is 2.97. The lowest BCUT2D eigenvalue weighted by Crippen LogP contribution is -2.20. The number of nitrogens with one attached hydrogen (secondary N) is 1. The molecule has 0 radical (unpaired) electrons. The maximum atomic E-state index is 4.85. The van der Waals surface area contributed by atoms with Crippen molar-refractivity contribution in [3.8, 4) is 0 Å². The summed E-state index contributed by atoms with van der Waals surface area (Å²) < 4.78 is 0. The van der Waals surface area contributed by atoms with Crippen LogP contribution >= 0.6 is 11.3 Å². The van der Waals surface area contributed by atoms with Crippen molar-refractivity contribution in [2.24, 2.45) is 0 Å². The SMILES string of the molecule is CNC1CCCc2nc(N(C)CCc3ccncc3)sc21. The molecular formula is C16H22N4S. The molecule has 21 heavy (non-hydrogen) atoms. The fraction of sp³-hybridized carbons (Fsp3) is 0.500. The van der Waals surface area contributed by atoms with E-state index in [1.54, 1.807) is 0 Å². The molecule has 1 aliphatic rings. The minimum absolute atomic E-state index is 0.494. The maximum absolute atomic E-state index is 4.85. The molecule has 0 aromatic carbocycles. The molecule has 2 aromatic heterocycles. The molecule has 112 valence electrons. The zero-order valence-corrected chi connectivity index (χ0v) is 13.5. The van der Waals surface area contributed by atoms with Gasteiger partial charge in [-0.2, -0.15) is 0 Å². The molecule has 0 saturated heterocycles. The molecule has 4 nitrogen and oxygen atoms in total. The van der Waals surface area contributed by atoms with E-state index < -0.39 is 0 Å². The Bertz CT molecular complexity index is 581. The van der Waals surface area contributed by atoms with E-state index in [-0.39, 0.29) is 0 Å². The van der Waals surface area contributed by atoms with E-state index in [0.29, 0.717) is 6.04 Å². The van der Waals surface area contributed by atoms with Gasteiger partial charge < -0.3 is 10.2 Å². The molecule has 1 aliphatic carbocycles. The van der Waals surface area contributed by atoms with E-state index >= 15 is 0 Å². The first-order chi connectivity index (χ1) is 10.3. The summed E-state index contributed by atoms with van der Waals surface area (Å²) in [5.41, 5.74) is 2.63. The van der Waals surface area contributed by atoms with Crippen molar-refractivity contribution in [2.75, 3.05) is 25.5 Å². The lowest BCUT2D eigenvalue weighted by molar-refractivity contribution is 0.501. The van der Waals surface area contributed by atoms with E-state index in [4.69, 9.17) is 4.98 Å². The summed E-state index contributed by atoms with van der Waals surface area (Å²) in [5, 5.41) is 4.56. The van der Waals surface area contributed by atoms with Crippen molar-refractivity contribution < 1.29 is 0 Å². The summed E-state index contributed by atoms with van der Waals surface area (Å²) in [6.45, 7) is 0.987. The van der Waals surface area contributed by atoms with Gasteiger partial charge in [0.25, 0.3) is 0 Å². The third-order valence-corrected chi connectivity index (χ3v) is 5.42. The standard InChI is InChI=1S/C16H22N4S/c1-17-13-4-3-5-14-15(13)21-16(19-14)20(2)11-8-12-6-9-18-10-7-12/h6-7,9-10,13,17H,3-5,8,11H2,1-2H3. The highest BCUT2D eigenvalue weighted by atomic mass is 32.1. The number of aromatic nitrogens is 2. The number of anilines is 1. The lowest BCUT2D eigenvalue weighted by atomic mass is 9.98. The number of fused-ring (bicyclic) bond motifs is 1. The van der Waals surface area contributed by atoms with Crippen LogP contribution in [-0.2, 0) is 12.8 Å². The predicted molar refractivity (Wildman–Crippen MR) is 88.1 cm³/mol. The number of aryl methyl sites for hydroxylation is 1. The first kappa shape index (κ1) is 14.5. The van der Waals surface area contributed by atoms with Crippen LogP contribution in [0.2, 0.25) is 0 Å². The Balaban J connectivity index is 1.68. The second-order valence-corrected chi connectivity index (χ2v) is 6.58. The molecule has 1 N–H and O–H groups in total. The van der Waals surface area contributed by atoms with Crippen LogP contribution in [0.25, 0.3) is 0 Å². The smallest absolute Gasteiger partial charge is 0.185 e. The maximum Gasteiger partial charge on any atom is 0.185 e. The van der Waals surface area contributed by atoms with E-state index in [9.17, 15) is 0 Å². The normalized spacial score (nSPS) is 17.5. The number of hydrogen-bond acceptors (Lipinski definition) is 5. The summed E-state index contributed by atoms with van der Waals surface area (Å²) in [6, 6.07) is 4.66. The van der Waals surface area contributed by atoms with Gasteiger partial charge in [0.05, 0.1) is 5.69 Å². The molecule has 3 rings (SSSR count). The third kappa shape index (κ3) is 3.24. The summed E-state index contributed by atoms with van der Waals surface area (Å²) >= 11 is 1.85. The zero-order chi connectivity index (χ0) is 14.7. The largest absolute Gasteiger partial charge is 0.351 e. The van der Waals surface area contributed by atoms with E-state index in [0.717, 1.165) is 24.5 Å². The Morgan fingerprint density at radius 3 is 2.95 bits per heavy atom. The highest BCUT2D eigenvalue weighted by Gasteiger charge is 2.24. The Morgan fingerprint density at radius 1 is 1.38 bits per heavy atom. The Morgan fingerprint density at radius 2 is 2.19 bits per heavy atom. The average molecular weight is 302 g/mol. The van der Waals surface area contributed by atoms with E-state index in [1.165, 1.54) is 29.0 Å². The van der Waals surface area contributed by atoms with Gasteiger partial charge in [-0.15, -0.1) is 0 Å². The minimum Gasteiger partial charge on any atom is -0.351 e. The fourth-order valence-corrected chi connectivity index (χ4v) is 4.03. The molecule has 1 unspecified atom stereocenters. The number of rotatable bonds is 5. The van der Waals surface area contributed by atoms with Gasteiger partial charge in [-0.3, -0.25) is 4.98 Å². The van der Waals surface area contributed by atoms with Crippen LogP contribution in [0.1, 0.15) is 35.0 Å². The second-order valence-electron chi connectivity index (χ2n) is 5.57. The molecular weight excluding hydrogens is 280 g/mol. The number of likely N-dealkylation sites (N-methyl/N-ethyl adjacent to an activating group) is 1. The summed E-state index contributed by atoms with van der Waals surface area (Å²) in [6.07, 6.45) is 8.33. The zero-order valence-electron chi connectivity index (χ0n) is 12.7. The third-order valence-electron chi connectivity index (χ3n) is 4.10. The molecule has 0 fully saturated rings. The highest BCUT2D eigenvalue weighted by Crippen LogP contribution is 2.37. The molecule has 0 saturated carbocycles. The van der Waals surface area contributed by atoms with Crippen LogP contribution in [0.3, 0.4) is 0 Å². The molecule has 0 amide bonds. The van der Waals surface area contributed by atoms with Crippen LogP contribution in [-0.4, -0.2) is 30.6 Å². The summed E-state index contributed by atoms with van der Waals surface area (Å²) in [5.74, 6) is 0. The molecule has 2 aromatic rings.